The van der Waals surface area contributed by atoms with Gasteiger partial charge in [-0.2, -0.15) is 18.4 Å². The first kappa shape index (κ1) is 16.9. The molecule has 2 bridgehead atoms. The Bertz CT molecular complexity index is 766. The number of anilines is 1. The molecule has 0 amide bonds. The summed E-state index contributed by atoms with van der Waals surface area (Å²) in [5.41, 5.74) is -1.72. The van der Waals surface area contributed by atoms with Gasteiger partial charge in [-0.15, -0.1) is 10.8 Å². The van der Waals surface area contributed by atoms with E-state index in [0.29, 0.717) is 0 Å². The van der Waals surface area contributed by atoms with Gasteiger partial charge in [0.25, 0.3) is 0 Å². The Morgan fingerprint density at radius 1 is 1.32 bits per heavy atom. The van der Waals surface area contributed by atoms with E-state index in [-0.39, 0.29) is 24.6 Å². The lowest BCUT2D eigenvalue weighted by Crippen LogP contribution is -2.39. The van der Waals surface area contributed by atoms with Crippen molar-refractivity contribution >= 4 is 16.5 Å². The Morgan fingerprint density at radius 2 is 2.04 bits per heavy atom. The van der Waals surface area contributed by atoms with E-state index in [1.54, 1.807) is 0 Å². The summed E-state index contributed by atoms with van der Waals surface area (Å²) in [5, 5.41) is 8.01. The minimum absolute atomic E-state index is 0.0458. The van der Waals surface area contributed by atoms with Crippen LogP contribution in [0.2, 0.25) is 0 Å². The zero-order valence-electron chi connectivity index (χ0n) is 12.7. The van der Waals surface area contributed by atoms with Crippen LogP contribution in [0.15, 0.2) is 18.2 Å². The Labute approximate surface area is 142 Å². The first-order valence-electron chi connectivity index (χ1n) is 7.60. The standard InChI is InChI=1S/C15H14F4N2O3S/c16-11-4-12-9-6-21(25(22,23)14(9)13(11)24-12)8-2-1-7(5-20)10(3-8)15(17,18)19/h1-3,9,11-14,22-23H,4,6H2/t9-,11-,12-,13+,14-/m0/s1. The Balaban J connectivity index is 1.73. The summed E-state index contributed by atoms with van der Waals surface area (Å²) in [7, 11) is -3.55. The predicted octanol–water partition coefficient (Wildman–Crippen LogP) is 3.56. The van der Waals surface area contributed by atoms with Gasteiger partial charge in [-0.05, 0) is 18.2 Å². The molecule has 136 valence electrons. The van der Waals surface area contributed by atoms with Gasteiger partial charge < -0.3 is 4.74 Å². The van der Waals surface area contributed by atoms with Crippen molar-refractivity contribution in [1.29, 1.82) is 5.26 Å². The first-order chi connectivity index (χ1) is 11.6. The van der Waals surface area contributed by atoms with Crippen molar-refractivity contribution in [3.05, 3.63) is 29.3 Å². The van der Waals surface area contributed by atoms with E-state index >= 15 is 0 Å². The summed E-state index contributed by atoms with van der Waals surface area (Å²) in [6.45, 7) is 0.0735. The van der Waals surface area contributed by atoms with Crippen LogP contribution in [0, 0.1) is 17.2 Å². The molecular formula is C15H14F4N2O3S. The van der Waals surface area contributed by atoms with E-state index < -0.39 is 51.7 Å². The van der Waals surface area contributed by atoms with Crippen molar-refractivity contribution in [2.75, 3.05) is 10.8 Å². The summed E-state index contributed by atoms with van der Waals surface area (Å²) in [6.07, 6.45) is -7.28. The molecule has 0 saturated carbocycles. The predicted molar refractivity (Wildman–Crippen MR) is 81.8 cm³/mol. The van der Waals surface area contributed by atoms with Gasteiger partial charge in [-0.1, -0.05) is 0 Å². The summed E-state index contributed by atoms with van der Waals surface area (Å²) in [4.78, 5) is 0. The molecule has 10 heteroatoms. The van der Waals surface area contributed by atoms with Crippen LogP contribution in [-0.2, 0) is 10.9 Å². The highest BCUT2D eigenvalue weighted by Gasteiger charge is 2.64. The molecule has 0 radical (unpaired) electrons. The van der Waals surface area contributed by atoms with E-state index in [4.69, 9.17) is 10.00 Å². The summed E-state index contributed by atoms with van der Waals surface area (Å²) in [6, 6.07) is 4.48. The lowest BCUT2D eigenvalue weighted by atomic mass is 9.87. The molecule has 3 fully saturated rings. The minimum atomic E-state index is -4.74. The van der Waals surface area contributed by atoms with Gasteiger partial charge in [0, 0.05) is 18.9 Å². The second kappa shape index (κ2) is 5.23. The molecule has 3 aliphatic rings. The number of alkyl halides is 4. The zero-order chi connectivity index (χ0) is 18.1. The topological polar surface area (TPSA) is 76.7 Å². The second-order valence-corrected chi connectivity index (χ2v) is 8.59. The molecule has 25 heavy (non-hydrogen) atoms. The van der Waals surface area contributed by atoms with Crippen molar-refractivity contribution in [1.82, 2.24) is 0 Å². The summed E-state index contributed by atoms with van der Waals surface area (Å²) < 4.78 is 81.2. The van der Waals surface area contributed by atoms with Crippen LogP contribution in [-0.4, -0.2) is 39.3 Å². The van der Waals surface area contributed by atoms with Crippen molar-refractivity contribution < 1.29 is 31.4 Å². The molecule has 4 rings (SSSR count). The molecule has 5 atom stereocenters. The van der Waals surface area contributed by atoms with Gasteiger partial charge in [-0.3, -0.25) is 13.4 Å². The van der Waals surface area contributed by atoms with E-state index in [2.05, 4.69) is 0 Å². The maximum Gasteiger partial charge on any atom is 0.417 e. The highest BCUT2D eigenvalue weighted by molar-refractivity contribution is 8.26. The molecule has 0 unspecified atom stereocenters. The van der Waals surface area contributed by atoms with Crippen LogP contribution in [0.5, 0.6) is 0 Å². The normalized spacial score (nSPS) is 37.0. The highest BCUT2D eigenvalue weighted by Crippen LogP contribution is 2.66. The molecule has 0 spiro atoms. The van der Waals surface area contributed by atoms with E-state index in [1.165, 1.54) is 12.1 Å². The Kier molecular flexibility index (Phi) is 3.54. The van der Waals surface area contributed by atoms with E-state index in [1.807, 2.05) is 0 Å². The minimum Gasteiger partial charge on any atom is -0.369 e. The smallest absolute Gasteiger partial charge is 0.369 e. The van der Waals surface area contributed by atoms with Crippen LogP contribution in [0.4, 0.5) is 23.2 Å². The van der Waals surface area contributed by atoms with E-state index in [0.717, 1.165) is 16.4 Å². The van der Waals surface area contributed by atoms with Crippen molar-refractivity contribution in [3.63, 3.8) is 0 Å². The van der Waals surface area contributed by atoms with Crippen molar-refractivity contribution in [2.24, 2.45) is 5.92 Å². The largest absolute Gasteiger partial charge is 0.417 e. The number of hydrogen-bond donors (Lipinski definition) is 2. The Hall–Kier alpha value is -1.54. The molecule has 1 aromatic carbocycles. The van der Waals surface area contributed by atoms with Gasteiger partial charge in [0.1, 0.15) is 17.5 Å². The fourth-order valence-corrected chi connectivity index (χ4v) is 6.51. The fraction of sp³-hybridized carbons (Fsp3) is 0.533. The number of nitriles is 1. The van der Waals surface area contributed by atoms with Crippen LogP contribution in [0.3, 0.4) is 0 Å². The number of nitrogens with zero attached hydrogens (tertiary/aromatic N) is 2. The maximum absolute atomic E-state index is 13.9. The quantitative estimate of drug-likeness (QED) is 0.731. The van der Waals surface area contributed by atoms with Gasteiger partial charge in [0.15, 0.2) is 0 Å². The monoisotopic (exact) mass is 378 g/mol. The lowest BCUT2D eigenvalue weighted by Gasteiger charge is -2.43. The first-order valence-corrected chi connectivity index (χ1v) is 9.17. The molecule has 3 aliphatic heterocycles. The highest BCUT2D eigenvalue weighted by atomic mass is 32.3. The van der Waals surface area contributed by atoms with Gasteiger partial charge in [0.2, 0.25) is 0 Å². The summed E-state index contributed by atoms with van der Waals surface area (Å²) >= 11 is 0. The molecule has 3 saturated heterocycles. The van der Waals surface area contributed by atoms with Gasteiger partial charge in [-0.25, -0.2) is 4.39 Å². The average Bonchev–Trinajstić information content (AvgIpc) is 3.15. The van der Waals surface area contributed by atoms with Crippen molar-refractivity contribution in [2.45, 2.75) is 36.2 Å². The van der Waals surface area contributed by atoms with Gasteiger partial charge in [0.05, 0.1) is 29.0 Å². The van der Waals surface area contributed by atoms with Crippen LogP contribution < -0.4 is 4.31 Å². The number of hydrogen-bond acceptors (Lipinski definition) is 5. The fourth-order valence-electron chi connectivity index (χ4n) is 4.08. The molecule has 5 nitrogen and oxygen atoms in total. The Morgan fingerprint density at radius 3 is 2.68 bits per heavy atom. The second-order valence-electron chi connectivity index (χ2n) is 6.48. The number of ether oxygens (including phenoxy) is 1. The third kappa shape index (κ3) is 2.33. The van der Waals surface area contributed by atoms with Gasteiger partial charge >= 0.3 is 6.18 Å². The van der Waals surface area contributed by atoms with E-state index in [9.17, 15) is 26.7 Å². The number of fused-ring (bicyclic) bond motifs is 5. The summed E-state index contributed by atoms with van der Waals surface area (Å²) in [5.74, 6) is -0.341. The molecular weight excluding hydrogens is 364 g/mol. The van der Waals surface area contributed by atoms with Crippen molar-refractivity contribution in [3.8, 4) is 6.07 Å². The zero-order valence-corrected chi connectivity index (χ0v) is 13.5. The molecule has 2 N–H and O–H groups in total. The van der Waals surface area contributed by atoms with Crippen LogP contribution in [0.25, 0.3) is 0 Å². The van der Waals surface area contributed by atoms with Crippen LogP contribution >= 0.6 is 10.8 Å². The number of halogens is 4. The molecule has 0 aromatic heterocycles. The molecule has 3 heterocycles. The average molecular weight is 378 g/mol. The SMILES string of the molecule is N#Cc1ccc(N2C[C@@H]3[C@@H]([C@@H]4O[C@H]3C[C@@H]4F)S2(O)O)cc1C(F)(F)F. The van der Waals surface area contributed by atoms with Crippen LogP contribution in [0.1, 0.15) is 17.5 Å². The molecule has 0 aliphatic carbocycles. The number of benzene rings is 1. The molecule has 1 aromatic rings. The third-order valence-corrected chi connectivity index (χ3v) is 7.51. The lowest BCUT2D eigenvalue weighted by molar-refractivity contribution is -0.137. The third-order valence-electron chi connectivity index (χ3n) is 5.15. The number of rotatable bonds is 1. The maximum atomic E-state index is 13.9.